The maximum absolute atomic E-state index is 11.4. The Balaban J connectivity index is 2.64. The summed E-state index contributed by atoms with van der Waals surface area (Å²) in [5, 5.41) is 13.5. The fourth-order valence-electron chi connectivity index (χ4n) is 1.52. The smallest absolute Gasteiger partial charge is 0.325 e. The molecule has 0 aliphatic carbocycles. The van der Waals surface area contributed by atoms with Crippen LogP contribution >= 0.6 is 11.3 Å². The highest BCUT2D eigenvalue weighted by molar-refractivity contribution is 7.11. The molecule has 0 radical (unpaired) electrons. The summed E-state index contributed by atoms with van der Waals surface area (Å²) in [6, 6.07) is -0.707. The third kappa shape index (κ3) is 3.76. The highest BCUT2D eigenvalue weighted by atomic mass is 32.1. The van der Waals surface area contributed by atoms with Gasteiger partial charge in [-0.1, -0.05) is 0 Å². The van der Waals surface area contributed by atoms with Gasteiger partial charge in [0.2, 0.25) is 0 Å². The zero-order valence-electron chi connectivity index (χ0n) is 10.5. The molecule has 0 saturated carbocycles. The minimum absolute atomic E-state index is 0.459. The van der Waals surface area contributed by atoms with E-state index in [1.54, 1.807) is 18.3 Å². The van der Waals surface area contributed by atoms with Crippen LogP contribution in [-0.2, 0) is 16.1 Å². The van der Waals surface area contributed by atoms with Crippen molar-refractivity contribution in [3.05, 3.63) is 15.6 Å². The molecule has 1 aromatic rings. The van der Waals surface area contributed by atoms with Gasteiger partial charge in [0.05, 0.1) is 23.9 Å². The monoisotopic (exact) mass is 258 g/mol. The van der Waals surface area contributed by atoms with Gasteiger partial charge >= 0.3 is 5.97 Å². The summed E-state index contributed by atoms with van der Waals surface area (Å²) in [5.74, 6) is -0.459. The molecular weight excluding hydrogens is 240 g/mol. The fraction of sp³-hybridized carbons (Fsp3) is 0.636. The molecule has 0 bridgehead atoms. The van der Waals surface area contributed by atoms with Crippen molar-refractivity contribution in [3.8, 4) is 0 Å². The Hall–Kier alpha value is -0.980. The topological polar surface area (TPSA) is 71.5 Å². The van der Waals surface area contributed by atoms with Crippen LogP contribution in [0.4, 0.5) is 0 Å². The highest BCUT2D eigenvalue weighted by Gasteiger charge is 2.24. The molecule has 1 heterocycles. The molecule has 2 atom stereocenters. The van der Waals surface area contributed by atoms with E-state index >= 15 is 0 Å². The van der Waals surface area contributed by atoms with Gasteiger partial charge in [-0.05, 0) is 20.8 Å². The van der Waals surface area contributed by atoms with E-state index in [1.165, 1.54) is 7.11 Å². The standard InChI is InChI=1S/C11H18N2O3S/c1-6-9(17-8(3)13-6)5-12-10(7(2)14)11(15)16-4/h7,10,12,14H,5H2,1-4H3. The molecule has 0 saturated heterocycles. The summed E-state index contributed by atoms with van der Waals surface area (Å²) in [7, 11) is 1.31. The summed E-state index contributed by atoms with van der Waals surface area (Å²) in [4.78, 5) is 16.8. The van der Waals surface area contributed by atoms with E-state index < -0.39 is 18.1 Å². The second-order valence-electron chi connectivity index (χ2n) is 3.86. The molecular formula is C11H18N2O3S. The normalized spacial score (nSPS) is 14.4. The molecule has 0 fully saturated rings. The summed E-state index contributed by atoms with van der Waals surface area (Å²) in [6.45, 7) is 5.92. The van der Waals surface area contributed by atoms with Gasteiger partial charge in [0.25, 0.3) is 0 Å². The Bertz CT molecular complexity index is 390. The molecule has 1 aromatic heterocycles. The number of aromatic nitrogens is 1. The maximum atomic E-state index is 11.4. The molecule has 96 valence electrons. The van der Waals surface area contributed by atoms with E-state index in [0.29, 0.717) is 6.54 Å². The van der Waals surface area contributed by atoms with Crippen LogP contribution < -0.4 is 5.32 Å². The Morgan fingerprint density at radius 3 is 2.65 bits per heavy atom. The summed E-state index contributed by atoms with van der Waals surface area (Å²) >= 11 is 1.58. The lowest BCUT2D eigenvalue weighted by Crippen LogP contribution is -2.45. The zero-order valence-corrected chi connectivity index (χ0v) is 11.3. The van der Waals surface area contributed by atoms with Gasteiger partial charge in [-0.15, -0.1) is 11.3 Å². The number of rotatable bonds is 5. The predicted molar refractivity (Wildman–Crippen MR) is 65.9 cm³/mol. The predicted octanol–water partition coefficient (Wildman–Crippen LogP) is 0.772. The van der Waals surface area contributed by atoms with E-state index in [9.17, 15) is 9.90 Å². The number of aryl methyl sites for hydroxylation is 2. The maximum Gasteiger partial charge on any atom is 0.325 e. The molecule has 0 aliphatic rings. The first-order valence-electron chi connectivity index (χ1n) is 5.38. The molecule has 0 aliphatic heterocycles. The summed E-state index contributed by atoms with van der Waals surface area (Å²) in [6.07, 6.45) is -0.795. The molecule has 6 heteroatoms. The molecule has 0 aromatic carbocycles. The molecule has 2 N–H and O–H groups in total. The Kier molecular flexibility index (Phi) is 5.04. The van der Waals surface area contributed by atoms with Crippen LogP contribution in [0.2, 0.25) is 0 Å². The van der Waals surface area contributed by atoms with Gasteiger partial charge in [-0.3, -0.25) is 10.1 Å². The van der Waals surface area contributed by atoms with Crippen molar-refractivity contribution in [2.75, 3.05) is 7.11 Å². The second-order valence-corrected chi connectivity index (χ2v) is 5.15. The minimum atomic E-state index is -0.795. The van der Waals surface area contributed by atoms with Crippen LogP contribution in [0, 0.1) is 13.8 Å². The Morgan fingerprint density at radius 2 is 2.24 bits per heavy atom. The first-order valence-corrected chi connectivity index (χ1v) is 6.19. The lowest BCUT2D eigenvalue weighted by Gasteiger charge is -2.18. The van der Waals surface area contributed by atoms with Crippen molar-refractivity contribution in [2.45, 2.75) is 39.5 Å². The quantitative estimate of drug-likeness (QED) is 0.763. The van der Waals surface area contributed by atoms with E-state index in [4.69, 9.17) is 0 Å². The van der Waals surface area contributed by atoms with Crippen LogP contribution in [-0.4, -0.2) is 35.3 Å². The molecule has 0 spiro atoms. The summed E-state index contributed by atoms with van der Waals surface area (Å²) in [5.41, 5.74) is 0.953. The van der Waals surface area contributed by atoms with Crippen LogP contribution in [0.5, 0.6) is 0 Å². The van der Waals surface area contributed by atoms with Crippen molar-refractivity contribution in [1.82, 2.24) is 10.3 Å². The number of hydrogen-bond donors (Lipinski definition) is 2. The Labute approximate surface area is 105 Å². The van der Waals surface area contributed by atoms with Crippen LogP contribution in [0.3, 0.4) is 0 Å². The summed E-state index contributed by atoms with van der Waals surface area (Å²) < 4.78 is 4.62. The first-order chi connectivity index (χ1) is 7.95. The number of hydrogen-bond acceptors (Lipinski definition) is 6. The number of aliphatic hydroxyl groups is 1. The number of aliphatic hydroxyl groups excluding tert-OH is 1. The number of thiazole rings is 1. The van der Waals surface area contributed by atoms with Crippen molar-refractivity contribution in [2.24, 2.45) is 0 Å². The van der Waals surface area contributed by atoms with Gasteiger partial charge < -0.3 is 9.84 Å². The molecule has 2 unspecified atom stereocenters. The van der Waals surface area contributed by atoms with E-state index in [-0.39, 0.29) is 0 Å². The number of carbonyl (C=O) groups excluding carboxylic acids is 1. The molecule has 17 heavy (non-hydrogen) atoms. The SMILES string of the molecule is COC(=O)C(NCc1sc(C)nc1C)C(C)O. The molecule has 5 nitrogen and oxygen atoms in total. The van der Waals surface area contributed by atoms with Crippen molar-refractivity contribution in [3.63, 3.8) is 0 Å². The first kappa shape index (κ1) is 14.1. The van der Waals surface area contributed by atoms with Gasteiger partial charge in [-0.25, -0.2) is 4.98 Å². The lowest BCUT2D eigenvalue weighted by atomic mass is 10.2. The highest BCUT2D eigenvalue weighted by Crippen LogP contribution is 2.17. The number of nitrogens with one attached hydrogen (secondary N) is 1. The van der Waals surface area contributed by atoms with Gasteiger partial charge in [-0.2, -0.15) is 0 Å². The average molecular weight is 258 g/mol. The number of esters is 1. The van der Waals surface area contributed by atoms with Crippen LogP contribution in [0.25, 0.3) is 0 Å². The van der Waals surface area contributed by atoms with E-state index in [1.807, 2.05) is 13.8 Å². The van der Waals surface area contributed by atoms with Crippen LogP contribution in [0.1, 0.15) is 22.5 Å². The number of methoxy groups -OCH3 is 1. The lowest BCUT2D eigenvalue weighted by molar-refractivity contribution is -0.145. The zero-order chi connectivity index (χ0) is 13.0. The number of nitrogens with zero attached hydrogens (tertiary/aromatic N) is 1. The number of ether oxygens (including phenoxy) is 1. The van der Waals surface area contributed by atoms with Crippen LogP contribution in [0.15, 0.2) is 0 Å². The van der Waals surface area contributed by atoms with Gasteiger partial charge in [0, 0.05) is 11.4 Å². The third-order valence-corrected chi connectivity index (χ3v) is 3.49. The van der Waals surface area contributed by atoms with Gasteiger partial charge in [0.1, 0.15) is 6.04 Å². The minimum Gasteiger partial charge on any atom is -0.468 e. The van der Waals surface area contributed by atoms with Crippen molar-refractivity contribution < 1.29 is 14.6 Å². The molecule has 0 amide bonds. The number of carbonyl (C=O) groups is 1. The fourth-order valence-corrected chi connectivity index (χ4v) is 2.41. The van der Waals surface area contributed by atoms with E-state index in [2.05, 4.69) is 15.0 Å². The third-order valence-electron chi connectivity index (χ3n) is 2.42. The second kappa shape index (κ2) is 6.09. The van der Waals surface area contributed by atoms with Crippen molar-refractivity contribution in [1.29, 1.82) is 0 Å². The average Bonchev–Trinajstić information content (AvgIpc) is 2.57. The Morgan fingerprint density at radius 1 is 1.59 bits per heavy atom. The largest absolute Gasteiger partial charge is 0.468 e. The van der Waals surface area contributed by atoms with Crippen molar-refractivity contribution >= 4 is 17.3 Å². The van der Waals surface area contributed by atoms with Gasteiger partial charge in [0.15, 0.2) is 0 Å². The molecule has 1 rings (SSSR count). The van der Waals surface area contributed by atoms with E-state index in [0.717, 1.165) is 15.6 Å².